The van der Waals surface area contributed by atoms with E-state index >= 15 is 0 Å². The van der Waals surface area contributed by atoms with Crippen molar-refractivity contribution >= 4 is 118 Å². The zero-order valence-electron chi connectivity index (χ0n) is 49.4. The molecule has 0 unspecified atom stereocenters. The van der Waals surface area contributed by atoms with Crippen LogP contribution in [0.15, 0.2) is 146 Å². The van der Waals surface area contributed by atoms with Gasteiger partial charge in [0.15, 0.2) is 0 Å². The predicted octanol–water partition coefficient (Wildman–Crippen LogP) is 16.1. The zero-order chi connectivity index (χ0) is 66.7. The molecule has 3 heterocycles. The number of ether oxygens (including phenoxy) is 5. The molecule has 0 aliphatic rings. The average Bonchev–Trinajstić information content (AvgIpc) is 1.69. The third kappa shape index (κ3) is 21.8. The lowest BCUT2D eigenvalue weighted by Crippen LogP contribution is -2.49. The Morgan fingerprint density at radius 2 is 0.744 bits per heavy atom. The highest BCUT2D eigenvalue weighted by atomic mass is 35.5. The maximum atomic E-state index is 13.0. The topological polar surface area (TPSA) is 156 Å². The van der Waals surface area contributed by atoms with E-state index in [9.17, 15) is 40.7 Å². The van der Waals surface area contributed by atoms with Gasteiger partial charge in [-0.15, -0.1) is 44.8 Å². The Labute approximate surface area is 532 Å². The van der Waals surface area contributed by atoms with Crippen LogP contribution in [0.25, 0.3) is 65.4 Å². The van der Waals surface area contributed by atoms with Gasteiger partial charge in [0.1, 0.15) is 6.79 Å². The van der Waals surface area contributed by atoms with E-state index < -0.39 is 62.9 Å². The fourth-order valence-electron chi connectivity index (χ4n) is 8.25. The lowest BCUT2D eigenvalue weighted by atomic mass is 10.2. The van der Waals surface area contributed by atoms with Gasteiger partial charge in [0.2, 0.25) is 6.79 Å². The number of nitrogens with zero attached hydrogens (tertiary/aromatic N) is 4. The molecule has 23 heteroatoms. The number of aliphatic hydroxyl groups excluding tert-OH is 1. The van der Waals surface area contributed by atoms with Crippen LogP contribution in [-0.2, 0) is 23.7 Å². The SMILES string of the molecule is C#CC#CC#CC#CC#C.CCCOC(F)(F)OC(F)(F)C(F)(F)OCCC.CCN(CC)CC.ClCCl.O=C(Cl)n1c2ccccc2c2ccccc21.O=C(OCOC(=O)n1c2ccccc2c2ccccc21)n1c2ccccc2c2ccccc21.OCO. The number of hydrogen-bond donors (Lipinski definition) is 2. The molecule has 0 atom stereocenters. The number of halogens is 9. The fraction of sp³-hybridized carbons (Fsp3) is 0.269. The van der Waals surface area contributed by atoms with Crippen molar-refractivity contribution in [2.24, 2.45) is 0 Å². The second-order valence-corrected chi connectivity index (χ2v) is 18.6. The van der Waals surface area contributed by atoms with Crippen LogP contribution in [0.5, 0.6) is 0 Å². The Morgan fingerprint density at radius 3 is 1.00 bits per heavy atom. The molecule has 0 fully saturated rings. The van der Waals surface area contributed by atoms with Crippen molar-refractivity contribution in [2.75, 3.05) is 51.8 Å². The van der Waals surface area contributed by atoms with Gasteiger partial charge in [-0.1, -0.05) is 144 Å². The maximum Gasteiger partial charge on any atom is 0.490 e. The Bertz CT molecular complexity index is 3730. The number of carbonyl (C=O) groups excluding carboxylic acids is 3. The van der Waals surface area contributed by atoms with Gasteiger partial charge in [-0.2, -0.15) is 17.6 Å². The molecule has 0 aliphatic heterocycles. The molecule has 474 valence electrons. The second-order valence-electron chi connectivity index (χ2n) is 17.5. The molecule has 14 nitrogen and oxygen atoms in total. The summed E-state index contributed by atoms with van der Waals surface area (Å²) in [5, 5.41) is 19.9. The molecular formula is C67H63Cl3F6N4O10. The number of aliphatic hydroxyl groups is 2. The number of hydrogen-bond acceptors (Lipinski definition) is 11. The summed E-state index contributed by atoms with van der Waals surface area (Å²) in [6.07, 6.45) is -7.00. The summed E-state index contributed by atoms with van der Waals surface area (Å²) in [5.74, 6) is 18.4. The summed E-state index contributed by atoms with van der Waals surface area (Å²) >= 11 is 15.2. The van der Waals surface area contributed by atoms with Gasteiger partial charge in [0.05, 0.1) is 51.7 Å². The predicted molar refractivity (Wildman–Crippen MR) is 342 cm³/mol. The molecule has 9 rings (SSSR count). The summed E-state index contributed by atoms with van der Waals surface area (Å²) in [6.45, 7) is 10.3. The van der Waals surface area contributed by atoms with E-state index in [0.29, 0.717) is 0 Å². The van der Waals surface area contributed by atoms with Crippen molar-refractivity contribution in [3.63, 3.8) is 0 Å². The summed E-state index contributed by atoms with van der Waals surface area (Å²) in [4.78, 5) is 39.8. The van der Waals surface area contributed by atoms with Gasteiger partial charge in [-0.05, 0) is 128 Å². The van der Waals surface area contributed by atoms with Gasteiger partial charge in [0, 0.05) is 32.3 Å². The third-order valence-corrected chi connectivity index (χ3v) is 12.2. The summed E-state index contributed by atoms with van der Waals surface area (Å²) < 4.78 is 101. The van der Waals surface area contributed by atoms with E-state index in [1.54, 1.807) is 0 Å². The lowest BCUT2D eigenvalue weighted by Gasteiger charge is -2.28. The first kappa shape index (κ1) is 75.6. The van der Waals surface area contributed by atoms with Crippen LogP contribution in [-0.4, -0.2) is 117 Å². The Kier molecular flexibility index (Phi) is 33.1. The van der Waals surface area contributed by atoms with Crippen LogP contribution < -0.4 is 0 Å². The van der Waals surface area contributed by atoms with Crippen LogP contribution in [0.3, 0.4) is 0 Å². The highest BCUT2D eigenvalue weighted by Gasteiger charge is 2.64. The van der Waals surface area contributed by atoms with Crippen molar-refractivity contribution in [2.45, 2.75) is 66.0 Å². The molecule has 0 bridgehead atoms. The molecule has 0 saturated heterocycles. The maximum absolute atomic E-state index is 13.0. The molecular weight excluding hydrogens is 1240 g/mol. The lowest BCUT2D eigenvalue weighted by molar-refractivity contribution is -0.526. The highest BCUT2D eigenvalue weighted by molar-refractivity contribution is 6.64. The number of benzene rings is 6. The van der Waals surface area contributed by atoms with E-state index in [0.717, 1.165) is 65.4 Å². The summed E-state index contributed by atoms with van der Waals surface area (Å²) in [6, 6.07) is 46.0. The van der Waals surface area contributed by atoms with Crippen LogP contribution in [0.2, 0.25) is 0 Å². The number of alkyl halides is 8. The monoisotopic (exact) mass is 1300 g/mol. The molecule has 0 radical (unpaired) electrons. The van der Waals surface area contributed by atoms with Crippen molar-refractivity contribution in [3.05, 3.63) is 146 Å². The van der Waals surface area contributed by atoms with Gasteiger partial charge in [0.25, 0.3) is 0 Å². The molecule has 6 aromatic carbocycles. The number of terminal acetylenes is 2. The number of carbonyl (C=O) groups is 3. The van der Waals surface area contributed by atoms with E-state index in [1.807, 2.05) is 146 Å². The summed E-state index contributed by atoms with van der Waals surface area (Å²) in [7, 11) is 0. The van der Waals surface area contributed by atoms with Crippen LogP contribution in [0.4, 0.5) is 40.7 Å². The first-order chi connectivity index (χ1) is 43.2. The molecule has 0 aliphatic carbocycles. The van der Waals surface area contributed by atoms with Crippen LogP contribution >= 0.6 is 34.8 Å². The van der Waals surface area contributed by atoms with Crippen molar-refractivity contribution in [3.8, 4) is 60.2 Å². The molecule has 0 saturated carbocycles. The first-order valence-electron chi connectivity index (χ1n) is 27.3. The number of para-hydroxylation sites is 6. The minimum absolute atomic E-state index is 0.00833. The van der Waals surface area contributed by atoms with Crippen LogP contribution in [0.1, 0.15) is 47.5 Å². The smallest absolute Gasteiger partial charge is 0.411 e. The van der Waals surface area contributed by atoms with Gasteiger partial charge >= 0.3 is 36.1 Å². The van der Waals surface area contributed by atoms with E-state index in [4.69, 9.17) is 67.3 Å². The van der Waals surface area contributed by atoms with Crippen LogP contribution in [0, 0.1) is 60.2 Å². The Balaban J connectivity index is 0.000000317. The van der Waals surface area contributed by atoms with Crippen molar-refractivity contribution in [1.82, 2.24) is 18.6 Å². The summed E-state index contributed by atoms with van der Waals surface area (Å²) in [5.41, 5.74) is 4.64. The molecule has 3 aromatic heterocycles. The van der Waals surface area contributed by atoms with E-state index in [-0.39, 0.29) is 18.2 Å². The minimum Gasteiger partial charge on any atom is -0.411 e. The minimum atomic E-state index is -5.50. The largest absolute Gasteiger partial charge is 0.490 e. The highest BCUT2D eigenvalue weighted by Crippen LogP contribution is 2.41. The molecule has 9 aromatic rings. The average molecular weight is 1300 g/mol. The molecule has 0 amide bonds. The Hall–Kier alpha value is -8.66. The standard InChI is InChI=1S/C27H18N2O4.C13H8ClNO.C10H2.C9H14F6O3.C6H15N.CH2Cl2.CH4O2/c30-26(28-22-13-5-1-9-18(22)19-10-2-6-14-23(19)28)32-17-33-27(31)29-24-15-7-3-11-20(24)21-12-4-8-16-25(21)29;14-13(16)15-11-7-3-1-5-9(11)10-6-2-4-8-12(10)15;1-3-5-7-9-10-8-6-4-2;1-3-5-16-7(10,11)8(12,13)18-9(14,15)17-6-4-2;1-4-7(5-2)6-3;2*2-1-3/h1-16H,17H2;1-8H;1-2H;3-6H2,1-2H3;4-6H2,1-3H3;1H2;2-3H,1H2. The van der Waals surface area contributed by atoms with Crippen molar-refractivity contribution in [1.29, 1.82) is 0 Å². The normalized spacial score (nSPS) is 10.5. The first-order valence-corrected chi connectivity index (χ1v) is 28.7. The second kappa shape index (κ2) is 39.4. The zero-order valence-corrected chi connectivity index (χ0v) is 51.7. The number of fused-ring (bicyclic) bond motifs is 9. The van der Waals surface area contributed by atoms with Gasteiger partial charge in [-0.25, -0.2) is 23.5 Å². The van der Waals surface area contributed by atoms with E-state index in [2.05, 4.69) is 87.2 Å². The van der Waals surface area contributed by atoms with Crippen molar-refractivity contribution < 1.29 is 74.6 Å². The quantitative estimate of drug-likeness (QED) is 0.0351. The molecule has 0 spiro atoms. The Morgan fingerprint density at radius 1 is 0.478 bits per heavy atom. The fourth-order valence-corrected chi connectivity index (χ4v) is 8.43. The molecule has 2 N–H and O–H groups in total. The van der Waals surface area contributed by atoms with E-state index in [1.165, 1.54) is 47.2 Å². The molecule has 90 heavy (non-hydrogen) atoms. The number of aromatic nitrogens is 3. The number of rotatable bonds is 14. The van der Waals surface area contributed by atoms with Gasteiger partial charge < -0.3 is 29.3 Å². The third-order valence-electron chi connectivity index (χ3n) is 12.0. The van der Waals surface area contributed by atoms with Gasteiger partial charge in [-0.3, -0.25) is 14.1 Å².